The van der Waals surface area contributed by atoms with Crippen LogP contribution in [0.5, 0.6) is 0 Å². The Balaban J connectivity index is 0.000000186. The second-order valence-corrected chi connectivity index (χ2v) is 18.9. The minimum atomic E-state index is -0.000625. The van der Waals surface area contributed by atoms with E-state index in [1.165, 1.54) is 0 Å². The van der Waals surface area contributed by atoms with Gasteiger partial charge in [-0.25, -0.2) is 0 Å². The van der Waals surface area contributed by atoms with Gasteiger partial charge in [0.25, 0.3) is 0 Å². The first-order valence-corrected chi connectivity index (χ1v) is 22.9. The van der Waals surface area contributed by atoms with E-state index < -0.39 is 0 Å². The standard InChI is InChI=1S/2C25H33N5O/c2*1-18-13-20(14-24(31)19(2)29-11-9-28(3)10-12-29)17-30(16-18)23-7-6-21(15-26)25-22(23)5-4-8-27-25/h2*4-8,18-20H,9-14,16-17H2,1-3H3/t18-,19+,20-;18-,19-,20-/m00/s1. The number of anilines is 2. The van der Waals surface area contributed by atoms with E-state index in [0.29, 0.717) is 59.2 Å². The van der Waals surface area contributed by atoms with Crippen molar-refractivity contribution in [3.63, 3.8) is 0 Å². The average molecular weight is 839 g/mol. The van der Waals surface area contributed by atoms with Crippen LogP contribution in [0.25, 0.3) is 21.8 Å². The van der Waals surface area contributed by atoms with E-state index in [1.54, 1.807) is 12.4 Å². The summed E-state index contributed by atoms with van der Waals surface area (Å²) in [5, 5.41) is 20.9. The third kappa shape index (κ3) is 10.6. The molecular formula is C50H66N10O2. The molecule has 0 spiro atoms. The summed E-state index contributed by atoms with van der Waals surface area (Å²) in [6.07, 6.45) is 6.94. The van der Waals surface area contributed by atoms with Crippen LogP contribution in [0.2, 0.25) is 0 Å². The third-order valence-electron chi connectivity index (χ3n) is 14.0. The number of hydrogen-bond donors (Lipinski definition) is 0. The van der Waals surface area contributed by atoms with Gasteiger partial charge in [-0.2, -0.15) is 10.5 Å². The molecule has 0 bridgehead atoms. The summed E-state index contributed by atoms with van der Waals surface area (Å²) >= 11 is 0. The fourth-order valence-corrected chi connectivity index (χ4v) is 10.4. The number of pyridine rings is 2. The molecule has 6 heterocycles. The van der Waals surface area contributed by atoms with Crippen molar-refractivity contribution >= 4 is 44.7 Å². The molecule has 8 rings (SSSR count). The molecule has 4 aromatic rings. The molecule has 4 aliphatic rings. The highest BCUT2D eigenvalue weighted by Gasteiger charge is 2.33. The molecule has 4 aliphatic heterocycles. The van der Waals surface area contributed by atoms with Crippen LogP contribution < -0.4 is 9.80 Å². The molecule has 2 aromatic carbocycles. The number of hydrogen-bond acceptors (Lipinski definition) is 12. The summed E-state index contributed by atoms with van der Waals surface area (Å²) in [6, 6.07) is 20.3. The number of fused-ring (bicyclic) bond motifs is 2. The van der Waals surface area contributed by atoms with Crippen molar-refractivity contribution in [1.82, 2.24) is 29.6 Å². The van der Waals surface area contributed by atoms with Crippen LogP contribution in [0, 0.1) is 46.3 Å². The minimum Gasteiger partial charge on any atom is -0.370 e. The molecule has 0 aliphatic carbocycles. The normalized spacial score (nSPS) is 24.1. The Morgan fingerprint density at radius 1 is 0.613 bits per heavy atom. The lowest BCUT2D eigenvalue weighted by atomic mass is 9.85. The van der Waals surface area contributed by atoms with Crippen molar-refractivity contribution in [2.24, 2.45) is 23.7 Å². The predicted octanol–water partition coefficient (Wildman–Crippen LogP) is 6.33. The van der Waals surface area contributed by atoms with E-state index in [1.807, 2.05) is 48.5 Å². The molecule has 0 N–H and O–H groups in total. The lowest BCUT2D eigenvalue weighted by Gasteiger charge is -2.40. The largest absolute Gasteiger partial charge is 0.370 e. The Morgan fingerprint density at radius 2 is 1.00 bits per heavy atom. The number of ketones is 2. The lowest BCUT2D eigenvalue weighted by Crippen LogP contribution is -2.51. The van der Waals surface area contributed by atoms with Crippen LogP contribution in [0.3, 0.4) is 0 Å². The molecule has 0 radical (unpaired) electrons. The van der Waals surface area contributed by atoms with Crippen molar-refractivity contribution in [2.45, 2.75) is 65.5 Å². The van der Waals surface area contributed by atoms with Crippen molar-refractivity contribution < 1.29 is 9.59 Å². The molecule has 0 unspecified atom stereocenters. The number of aromatic nitrogens is 2. The molecule has 12 heteroatoms. The van der Waals surface area contributed by atoms with E-state index in [-0.39, 0.29) is 12.1 Å². The Kier molecular flexibility index (Phi) is 14.9. The second kappa shape index (κ2) is 20.5. The van der Waals surface area contributed by atoms with Crippen molar-refractivity contribution in [3.05, 3.63) is 72.1 Å². The zero-order chi connectivity index (χ0) is 43.9. The molecule has 4 fully saturated rings. The monoisotopic (exact) mass is 839 g/mol. The van der Waals surface area contributed by atoms with Gasteiger partial charge in [0.1, 0.15) is 23.7 Å². The zero-order valence-electron chi connectivity index (χ0n) is 37.8. The molecule has 62 heavy (non-hydrogen) atoms. The van der Waals surface area contributed by atoms with Gasteiger partial charge in [-0.05, 0) is 113 Å². The number of benzene rings is 2. The predicted molar refractivity (Wildman–Crippen MR) is 248 cm³/mol. The van der Waals surface area contributed by atoms with Gasteiger partial charge in [0, 0.05) is 126 Å². The van der Waals surface area contributed by atoms with Crippen LogP contribution >= 0.6 is 0 Å². The molecule has 6 atom stereocenters. The Hall–Kier alpha value is -4.98. The van der Waals surface area contributed by atoms with Gasteiger partial charge >= 0.3 is 0 Å². The highest BCUT2D eigenvalue weighted by atomic mass is 16.1. The van der Waals surface area contributed by atoms with E-state index in [0.717, 1.165) is 125 Å². The summed E-state index contributed by atoms with van der Waals surface area (Å²) < 4.78 is 0. The minimum absolute atomic E-state index is 0.000625. The summed E-state index contributed by atoms with van der Waals surface area (Å²) in [5.41, 5.74) is 4.99. The van der Waals surface area contributed by atoms with E-state index in [4.69, 9.17) is 0 Å². The number of nitrogens with zero attached hydrogens (tertiary/aromatic N) is 10. The summed E-state index contributed by atoms with van der Waals surface area (Å²) in [5.74, 6) is 2.49. The van der Waals surface area contributed by atoms with Gasteiger partial charge in [-0.3, -0.25) is 29.4 Å². The van der Waals surface area contributed by atoms with Crippen molar-refractivity contribution in [2.75, 3.05) is 102 Å². The molecule has 0 amide bonds. The first-order valence-electron chi connectivity index (χ1n) is 22.9. The maximum Gasteiger partial charge on any atom is 0.150 e. The van der Waals surface area contributed by atoms with Crippen LogP contribution in [0.1, 0.15) is 64.5 Å². The Labute approximate surface area is 369 Å². The summed E-state index contributed by atoms with van der Waals surface area (Å²) in [7, 11) is 4.29. The van der Waals surface area contributed by atoms with Crippen molar-refractivity contribution in [3.8, 4) is 12.1 Å². The summed E-state index contributed by atoms with van der Waals surface area (Å²) in [4.78, 5) is 49.3. The number of likely N-dealkylation sites (N-methyl/N-ethyl adjacent to an activating group) is 2. The maximum absolute atomic E-state index is 13.1. The first kappa shape index (κ1) is 45.1. The van der Waals surface area contributed by atoms with Crippen molar-refractivity contribution in [1.29, 1.82) is 10.5 Å². The highest BCUT2D eigenvalue weighted by Crippen LogP contribution is 2.36. The highest BCUT2D eigenvalue weighted by molar-refractivity contribution is 5.96. The van der Waals surface area contributed by atoms with E-state index >= 15 is 0 Å². The molecule has 0 saturated carbocycles. The number of carbonyl (C=O) groups is 2. The van der Waals surface area contributed by atoms with E-state index in [2.05, 4.69) is 93.3 Å². The molecule has 2 aromatic heterocycles. The van der Waals surface area contributed by atoms with Gasteiger partial charge in [0.2, 0.25) is 0 Å². The number of nitriles is 2. The van der Waals surface area contributed by atoms with E-state index in [9.17, 15) is 20.1 Å². The molecular weight excluding hydrogens is 773 g/mol. The Morgan fingerprint density at radius 3 is 1.37 bits per heavy atom. The fraction of sp³-hybridized carbons (Fsp3) is 0.560. The molecule has 328 valence electrons. The second-order valence-electron chi connectivity index (χ2n) is 18.9. The van der Waals surface area contributed by atoms with Gasteiger partial charge in [0.15, 0.2) is 0 Å². The van der Waals surface area contributed by atoms with Gasteiger partial charge < -0.3 is 19.6 Å². The van der Waals surface area contributed by atoms with Crippen LogP contribution in [-0.2, 0) is 9.59 Å². The topological polar surface area (TPSA) is 127 Å². The lowest BCUT2D eigenvalue weighted by molar-refractivity contribution is -0.126. The fourth-order valence-electron chi connectivity index (χ4n) is 10.4. The number of Topliss-reactive ketones (excluding diaryl/α,β-unsaturated/α-hetero) is 2. The van der Waals surface area contributed by atoms with Crippen LogP contribution in [-0.4, -0.2) is 146 Å². The maximum atomic E-state index is 13.1. The number of piperidine rings is 2. The summed E-state index contributed by atoms with van der Waals surface area (Å²) in [6.45, 7) is 20.4. The third-order valence-corrected chi connectivity index (χ3v) is 14.0. The van der Waals surface area contributed by atoms with Crippen LogP contribution in [0.15, 0.2) is 60.9 Å². The quantitative estimate of drug-likeness (QED) is 0.177. The van der Waals surface area contributed by atoms with Gasteiger partial charge in [0.05, 0.1) is 34.2 Å². The number of carbonyl (C=O) groups excluding carboxylic acids is 2. The van der Waals surface area contributed by atoms with Gasteiger partial charge in [-0.15, -0.1) is 0 Å². The average Bonchev–Trinajstić information content (AvgIpc) is 3.28. The first-order chi connectivity index (χ1) is 29.9. The SMILES string of the molecule is C[C@H]1C[C@@H](CC(=O)[C@@H](C)N2CCN(C)CC2)CN(c2ccc(C#N)c3ncccc23)C1.C[C@H]1C[C@@H](CC(=O)[C@H](C)N2CCN(C)CC2)CN(c2ccc(C#N)c3ncccc23)C1. The number of piperazine rings is 2. The molecule has 4 saturated heterocycles. The van der Waals surface area contributed by atoms with Gasteiger partial charge in [-0.1, -0.05) is 13.8 Å². The Bertz CT molecular complexity index is 2110. The zero-order valence-corrected chi connectivity index (χ0v) is 37.8. The smallest absolute Gasteiger partial charge is 0.150 e. The van der Waals surface area contributed by atoms with Crippen LogP contribution in [0.4, 0.5) is 11.4 Å². The molecule has 12 nitrogen and oxygen atoms in total. The number of rotatable bonds is 10.